The smallest absolute Gasteiger partial charge is 0.00750 e. The summed E-state index contributed by atoms with van der Waals surface area (Å²) in [6.45, 7) is 12.0. The molecule has 0 radical (unpaired) electrons. The maximum Gasteiger partial charge on any atom is 0.00750 e. The second-order valence-electron chi connectivity index (χ2n) is 5.08. The van der Waals surface area contributed by atoms with E-state index in [4.69, 9.17) is 5.73 Å². The first kappa shape index (κ1) is 12.3. The fourth-order valence-corrected chi connectivity index (χ4v) is 2.00. The van der Waals surface area contributed by atoms with Gasteiger partial charge in [-0.2, -0.15) is 11.8 Å². The first-order chi connectivity index (χ1) is 5.27. The van der Waals surface area contributed by atoms with Crippen LogP contribution in [-0.4, -0.2) is 17.0 Å². The van der Waals surface area contributed by atoms with E-state index >= 15 is 0 Å². The summed E-state index contributed by atoms with van der Waals surface area (Å²) in [4.78, 5) is 0. The van der Waals surface area contributed by atoms with Crippen molar-refractivity contribution in [3.8, 4) is 0 Å². The lowest BCUT2D eigenvalue weighted by molar-refractivity contribution is 0.368. The minimum atomic E-state index is 0.318. The van der Waals surface area contributed by atoms with E-state index in [2.05, 4.69) is 34.6 Å². The molecule has 0 bridgehead atoms. The summed E-state index contributed by atoms with van der Waals surface area (Å²) in [6.07, 6.45) is 1.21. The van der Waals surface area contributed by atoms with Gasteiger partial charge in [0.05, 0.1) is 0 Å². The fourth-order valence-electron chi connectivity index (χ4n) is 0.736. The fraction of sp³-hybridized carbons (Fsp3) is 1.00. The standard InChI is InChI=1S/C10H23NS/c1-9(2,3)12-7-6-10(4,5)8-11/h6-8,11H2,1-5H3. The number of thioether (sulfide) groups is 1. The molecule has 0 spiro atoms. The normalized spacial score (nSPS) is 13.5. The van der Waals surface area contributed by atoms with Crippen LogP contribution in [0.15, 0.2) is 0 Å². The van der Waals surface area contributed by atoms with E-state index in [0.29, 0.717) is 10.2 Å². The van der Waals surface area contributed by atoms with E-state index in [1.165, 1.54) is 12.2 Å². The van der Waals surface area contributed by atoms with Gasteiger partial charge in [-0.1, -0.05) is 34.6 Å². The van der Waals surface area contributed by atoms with Crippen LogP contribution in [-0.2, 0) is 0 Å². The summed E-state index contributed by atoms with van der Waals surface area (Å²) in [6, 6.07) is 0. The van der Waals surface area contributed by atoms with Crippen molar-refractivity contribution >= 4 is 11.8 Å². The van der Waals surface area contributed by atoms with Gasteiger partial charge in [-0.05, 0) is 24.1 Å². The van der Waals surface area contributed by atoms with E-state index < -0.39 is 0 Å². The zero-order valence-corrected chi connectivity index (χ0v) is 9.92. The van der Waals surface area contributed by atoms with E-state index in [1.54, 1.807) is 0 Å². The molecule has 0 aliphatic rings. The van der Waals surface area contributed by atoms with Gasteiger partial charge in [0.1, 0.15) is 0 Å². The average Bonchev–Trinajstić information content (AvgIpc) is 1.84. The molecule has 2 N–H and O–H groups in total. The van der Waals surface area contributed by atoms with Crippen molar-refractivity contribution in [1.29, 1.82) is 0 Å². The molecule has 0 fully saturated rings. The second kappa shape index (κ2) is 4.52. The van der Waals surface area contributed by atoms with Gasteiger partial charge in [-0.3, -0.25) is 0 Å². The van der Waals surface area contributed by atoms with Crippen molar-refractivity contribution in [3.63, 3.8) is 0 Å². The second-order valence-corrected chi connectivity index (χ2v) is 7.00. The van der Waals surface area contributed by atoms with Gasteiger partial charge in [0.15, 0.2) is 0 Å². The molecule has 0 saturated heterocycles. The van der Waals surface area contributed by atoms with Crippen LogP contribution in [0, 0.1) is 5.41 Å². The lowest BCUT2D eigenvalue weighted by atomic mass is 9.91. The van der Waals surface area contributed by atoms with Crippen molar-refractivity contribution < 1.29 is 0 Å². The summed E-state index contributed by atoms with van der Waals surface area (Å²) in [7, 11) is 0. The quantitative estimate of drug-likeness (QED) is 0.736. The van der Waals surface area contributed by atoms with Crippen LogP contribution in [0.4, 0.5) is 0 Å². The topological polar surface area (TPSA) is 26.0 Å². The molecule has 0 unspecified atom stereocenters. The largest absolute Gasteiger partial charge is 0.330 e. The highest BCUT2D eigenvalue weighted by Gasteiger charge is 2.17. The molecule has 0 aliphatic carbocycles. The molecule has 0 amide bonds. The van der Waals surface area contributed by atoms with E-state index in [1.807, 2.05) is 11.8 Å². The molecule has 0 aliphatic heterocycles. The Morgan fingerprint density at radius 3 is 1.92 bits per heavy atom. The molecular weight excluding hydrogens is 166 g/mol. The Labute approximate surface area is 81.5 Å². The molecule has 0 saturated carbocycles. The number of nitrogens with two attached hydrogens (primary N) is 1. The van der Waals surface area contributed by atoms with Crippen molar-refractivity contribution in [2.45, 2.75) is 45.8 Å². The molecule has 0 heterocycles. The predicted molar refractivity (Wildman–Crippen MR) is 59.7 cm³/mol. The third-order valence-corrected chi connectivity index (χ3v) is 3.14. The molecule has 0 aromatic heterocycles. The summed E-state index contributed by atoms with van der Waals surface area (Å²) >= 11 is 2.02. The summed E-state index contributed by atoms with van der Waals surface area (Å²) in [5.74, 6) is 1.22. The van der Waals surface area contributed by atoms with Crippen LogP contribution in [0.3, 0.4) is 0 Å². The minimum Gasteiger partial charge on any atom is -0.330 e. The first-order valence-corrected chi connectivity index (χ1v) is 5.59. The van der Waals surface area contributed by atoms with Crippen LogP contribution in [0.25, 0.3) is 0 Å². The van der Waals surface area contributed by atoms with Crippen molar-refractivity contribution in [2.75, 3.05) is 12.3 Å². The Morgan fingerprint density at radius 2 is 1.58 bits per heavy atom. The maximum atomic E-state index is 5.65. The molecule has 2 heteroatoms. The molecule has 0 rings (SSSR count). The average molecular weight is 189 g/mol. The Hall–Kier alpha value is 0.310. The lowest BCUT2D eigenvalue weighted by Crippen LogP contribution is -2.24. The minimum absolute atomic E-state index is 0.318. The maximum absolute atomic E-state index is 5.65. The summed E-state index contributed by atoms with van der Waals surface area (Å²) < 4.78 is 0.394. The Morgan fingerprint density at radius 1 is 1.08 bits per heavy atom. The van der Waals surface area contributed by atoms with Crippen LogP contribution in [0.5, 0.6) is 0 Å². The van der Waals surface area contributed by atoms with Crippen molar-refractivity contribution in [1.82, 2.24) is 0 Å². The molecule has 0 atom stereocenters. The molecule has 74 valence electrons. The zero-order valence-electron chi connectivity index (χ0n) is 9.11. The van der Waals surface area contributed by atoms with Gasteiger partial charge < -0.3 is 5.73 Å². The number of rotatable bonds is 4. The Kier molecular flexibility index (Phi) is 4.64. The summed E-state index contributed by atoms with van der Waals surface area (Å²) in [5.41, 5.74) is 5.96. The van der Waals surface area contributed by atoms with Gasteiger partial charge in [0.25, 0.3) is 0 Å². The highest BCUT2D eigenvalue weighted by atomic mass is 32.2. The number of hydrogen-bond acceptors (Lipinski definition) is 2. The Bertz CT molecular complexity index is 124. The molecule has 0 aromatic carbocycles. The van der Waals surface area contributed by atoms with Crippen molar-refractivity contribution in [3.05, 3.63) is 0 Å². The van der Waals surface area contributed by atoms with Crippen LogP contribution in [0.1, 0.15) is 41.0 Å². The van der Waals surface area contributed by atoms with Gasteiger partial charge >= 0.3 is 0 Å². The monoisotopic (exact) mass is 189 g/mol. The third kappa shape index (κ3) is 6.99. The van der Waals surface area contributed by atoms with E-state index in [9.17, 15) is 0 Å². The molecule has 1 nitrogen and oxygen atoms in total. The number of hydrogen-bond donors (Lipinski definition) is 1. The van der Waals surface area contributed by atoms with Crippen LogP contribution >= 0.6 is 11.8 Å². The van der Waals surface area contributed by atoms with Gasteiger partial charge in [0.2, 0.25) is 0 Å². The highest BCUT2D eigenvalue weighted by Crippen LogP contribution is 2.28. The summed E-state index contributed by atoms with van der Waals surface area (Å²) in [5, 5.41) is 0. The third-order valence-electron chi connectivity index (χ3n) is 1.87. The van der Waals surface area contributed by atoms with Gasteiger partial charge in [-0.15, -0.1) is 0 Å². The predicted octanol–water partition coefficient (Wildman–Crippen LogP) is 2.89. The SMILES string of the molecule is CC(C)(CN)CCSC(C)(C)C. The van der Waals surface area contributed by atoms with Crippen molar-refractivity contribution in [2.24, 2.45) is 11.1 Å². The molecular formula is C10H23NS. The zero-order chi connectivity index (χ0) is 9.83. The van der Waals surface area contributed by atoms with Crippen LogP contribution in [0.2, 0.25) is 0 Å². The lowest BCUT2D eigenvalue weighted by Gasteiger charge is -2.24. The first-order valence-electron chi connectivity index (χ1n) is 4.61. The Balaban J connectivity index is 3.57. The van der Waals surface area contributed by atoms with E-state index in [-0.39, 0.29) is 0 Å². The van der Waals surface area contributed by atoms with Gasteiger partial charge in [-0.25, -0.2) is 0 Å². The molecule has 0 aromatic rings. The van der Waals surface area contributed by atoms with E-state index in [0.717, 1.165) is 6.54 Å². The van der Waals surface area contributed by atoms with Gasteiger partial charge in [0, 0.05) is 4.75 Å². The van der Waals surface area contributed by atoms with Crippen LogP contribution < -0.4 is 5.73 Å². The molecule has 12 heavy (non-hydrogen) atoms. The highest BCUT2D eigenvalue weighted by molar-refractivity contribution is 8.00.